The number of para-hydroxylation sites is 2. The van der Waals surface area contributed by atoms with Gasteiger partial charge in [-0.2, -0.15) is 9.78 Å². The molecule has 4 heterocycles. The first-order valence-electron chi connectivity index (χ1n) is 9.00. The van der Waals surface area contributed by atoms with Crippen LogP contribution in [0.15, 0.2) is 68.2 Å². The molecule has 0 bridgehead atoms. The van der Waals surface area contributed by atoms with E-state index in [2.05, 4.69) is 20.4 Å². The van der Waals surface area contributed by atoms with E-state index in [1.54, 1.807) is 17.0 Å². The molecule has 30 heavy (non-hydrogen) atoms. The standard InChI is InChI=1S/C20H15N5O3S2/c1-12-9-17(25(24-12)19-21-14(10-29-19)15-7-4-8-27-15)23-18(26)11-30-20-22-13-5-2-3-6-16(13)28-20/h2-10H,11H2,1H3,(H,23,26). The first kappa shape index (κ1) is 18.6. The third kappa shape index (κ3) is 3.74. The average molecular weight is 438 g/mol. The summed E-state index contributed by atoms with van der Waals surface area (Å²) < 4.78 is 12.7. The van der Waals surface area contributed by atoms with Crippen molar-refractivity contribution in [3.63, 3.8) is 0 Å². The number of aryl methyl sites for hydroxylation is 1. The molecule has 0 spiro atoms. The smallest absolute Gasteiger partial charge is 0.257 e. The van der Waals surface area contributed by atoms with Gasteiger partial charge in [-0.05, 0) is 31.2 Å². The maximum atomic E-state index is 12.5. The number of hydrogen-bond acceptors (Lipinski definition) is 8. The summed E-state index contributed by atoms with van der Waals surface area (Å²) in [7, 11) is 0. The van der Waals surface area contributed by atoms with Gasteiger partial charge in [0.05, 0.1) is 17.7 Å². The summed E-state index contributed by atoms with van der Waals surface area (Å²) in [4.78, 5) is 21.4. The largest absolute Gasteiger partial charge is 0.463 e. The lowest BCUT2D eigenvalue weighted by Gasteiger charge is -2.05. The van der Waals surface area contributed by atoms with E-state index in [4.69, 9.17) is 8.83 Å². The molecule has 0 radical (unpaired) electrons. The number of anilines is 1. The highest BCUT2D eigenvalue weighted by Gasteiger charge is 2.16. The Balaban J connectivity index is 1.30. The SMILES string of the molecule is Cc1cc(NC(=O)CSc2nc3ccccc3o2)n(-c2nc(-c3ccco3)cs2)n1. The maximum absolute atomic E-state index is 12.5. The lowest BCUT2D eigenvalue weighted by molar-refractivity contribution is -0.113. The van der Waals surface area contributed by atoms with E-state index < -0.39 is 0 Å². The molecule has 0 saturated carbocycles. The minimum absolute atomic E-state index is 0.159. The van der Waals surface area contributed by atoms with E-state index in [1.165, 1.54) is 23.1 Å². The molecular weight excluding hydrogens is 422 g/mol. The van der Waals surface area contributed by atoms with Crippen LogP contribution in [0, 0.1) is 6.92 Å². The number of oxazole rings is 1. The van der Waals surface area contributed by atoms with Gasteiger partial charge in [-0.15, -0.1) is 11.3 Å². The van der Waals surface area contributed by atoms with Gasteiger partial charge >= 0.3 is 0 Å². The Morgan fingerprint density at radius 3 is 2.97 bits per heavy atom. The Labute approximate surface area is 178 Å². The van der Waals surface area contributed by atoms with E-state index in [1.807, 2.05) is 48.7 Å². The molecule has 1 N–H and O–H groups in total. The van der Waals surface area contributed by atoms with Gasteiger partial charge in [0, 0.05) is 11.4 Å². The summed E-state index contributed by atoms with van der Waals surface area (Å²) in [6, 6.07) is 13.0. The number of hydrogen-bond donors (Lipinski definition) is 1. The second kappa shape index (κ2) is 7.81. The Morgan fingerprint density at radius 1 is 1.23 bits per heavy atom. The number of fused-ring (bicyclic) bond motifs is 1. The summed E-state index contributed by atoms with van der Waals surface area (Å²) in [5.41, 5.74) is 2.96. The van der Waals surface area contributed by atoms with Crippen molar-refractivity contribution in [1.82, 2.24) is 19.7 Å². The molecule has 1 aromatic carbocycles. The Hall–Kier alpha value is -3.37. The first-order valence-corrected chi connectivity index (χ1v) is 10.9. The molecule has 0 unspecified atom stereocenters. The number of nitrogens with zero attached hydrogens (tertiary/aromatic N) is 4. The van der Waals surface area contributed by atoms with Gasteiger partial charge in [-0.25, -0.2) is 9.97 Å². The van der Waals surface area contributed by atoms with Crippen LogP contribution >= 0.6 is 23.1 Å². The zero-order valence-electron chi connectivity index (χ0n) is 15.7. The predicted molar refractivity (Wildman–Crippen MR) is 115 cm³/mol. The molecule has 0 atom stereocenters. The fourth-order valence-electron chi connectivity index (χ4n) is 2.85. The maximum Gasteiger partial charge on any atom is 0.257 e. The summed E-state index contributed by atoms with van der Waals surface area (Å²) in [6.07, 6.45) is 1.60. The molecule has 0 aliphatic heterocycles. The Bertz CT molecular complexity index is 1290. The van der Waals surface area contributed by atoms with Crippen LogP contribution in [-0.4, -0.2) is 31.4 Å². The van der Waals surface area contributed by atoms with Crippen LogP contribution in [0.1, 0.15) is 5.69 Å². The summed E-state index contributed by atoms with van der Waals surface area (Å²) in [5.74, 6) is 1.20. The molecular formula is C20H15N5O3S2. The average Bonchev–Trinajstić information content (AvgIpc) is 3.51. The second-order valence-electron chi connectivity index (χ2n) is 6.36. The normalized spacial score (nSPS) is 11.2. The van der Waals surface area contributed by atoms with E-state index in [0.29, 0.717) is 27.5 Å². The number of nitrogens with one attached hydrogen (secondary N) is 1. The van der Waals surface area contributed by atoms with E-state index in [-0.39, 0.29) is 11.7 Å². The van der Waals surface area contributed by atoms with Crippen LogP contribution in [0.5, 0.6) is 0 Å². The molecule has 5 rings (SSSR count). The van der Waals surface area contributed by atoms with Crippen LogP contribution in [-0.2, 0) is 4.79 Å². The van der Waals surface area contributed by atoms with Gasteiger partial charge in [0.15, 0.2) is 11.3 Å². The van der Waals surface area contributed by atoms with Gasteiger partial charge < -0.3 is 14.2 Å². The number of thioether (sulfide) groups is 1. The number of thiazole rings is 1. The molecule has 8 nitrogen and oxygen atoms in total. The zero-order chi connectivity index (χ0) is 20.5. The third-order valence-corrected chi connectivity index (χ3v) is 5.79. The molecule has 0 saturated heterocycles. The summed E-state index contributed by atoms with van der Waals surface area (Å²) >= 11 is 2.66. The van der Waals surface area contributed by atoms with Gasteiger partial charge in [0.1, 0.15) is 17.0 Å². The molecule has 10 heteroatoms. The van der Waals surface area contributed by atoms with Crippen molar-refractivity contribution in [3.8, 4) is 16.6 Å². The Kier molecular flexibility index (Phi) is 4.85. The molecule has 1 amide bonds. The number of aromatic nitrogens is 4. The molecule has 150 valence electrons. The van der Waals surface area contributed by atoms with Crippen molar-refractivity contribution in [2.75, 3.05) is 11.1 Å². The number of benzene rings is 1. The van der Waals surface area contributed by atoms with Crippen LogP contribution in [0.3, 0.4) is 0 Å². The van der Waals surface area contributed by atoms with Crippen molar-refractivity contribution in [2.45, 2.75) is 12.1 Å². The number of rotatable bonds is 6. The minimum atomic E-state index is -0.189. The van der Waals surface area contributed by atoms with E-state index in [9.17, 15) is 4.79 Å². The molecule has 4 aromatic heterocycles. The first-order chi connectivity index (χ1) is 14.7. The molecule has 0 aliphatic rings. The van der Waals surface area contributed by atoms with Gasteiger partial charge in [0.25, 0.3) is 5.22 Å². The lowest BCUT2D eigenvalue weighted by atomic mass is 10.3. The lowest BCUT2D eigenvalue weighted by Crippen LogP contribution is -2.16. The van der Waals surface area contributed by atoms with Crippen molar-refractivity contribution in [2.24, 2.45) is 0 Å². The van der Waals surface area contributed by atoms with Gasteiger partial charge in [0.2, 0.25) is 11.0 Å². The van der Waals surface area contributed by atoms with Crippen LogP contribution in [0.4, 0.5) is 5.82 Å². The topological polar surface area (TPSA) is 99.0 Å². The monoisotopic (exact) mass is 437 g/mol. The second-order valence-corrected chi connectivity index (χ2v) is 8.12. The van der Waals surface area contributed by atoms with Crippen LogP contribution in [0.25, 0.3) is 27.7 Å². The van der Waals surface area contributed by atoms with Crippen molar-refractivity contribution < 1.29 is 13.6 Å². The van der Waals surface area contributed by atoms with Crippen molar-refractivity contribution in [1.29, 1.82) is 0 Å². The minimum Gasteiger partial charge on any atom is -0.463 e. The fraction of sp³-hybridized carbons (Fsp3) is 0.100. The quantitative estimate of drug-likeness (QED) is 0.382. The number of carbonyl (C=O) groups is 1. The van der Waals surface area contributed by atoms with Gasteiger partial charge in [-0.1, -0.05) is 23.9 Å². The van der Waals surface area contributed by atoms with Crippen molar-refractivity contribution in [3.05, 3.63) is 59.8 Å². The highest BCUT2D eigenvalue weighted by atomic mass is 32.2. The fourth-order valence-corrected chi connectivity index (χ4v) is 4.27. The molecule has 5 aromatic rings. The Morgan fingerprint density at radius 2 is 2.13 bits per heavy atom. The summed E-state index contributed by atoms with van der Waals surface area (Å²) in [5, 5.41) is 10.3. The highest BCUT2D eigenvalue weighted by molar-refractivity contribution is 7.99. The molecule has 0 fully saturated rings. The summed E-state index contributed by atoms with van der Waals surface area (Å²) in [6.45, 7) is 1.86. The van der Waals surface area contributed by atoms with E-state index in [0.717, 1.165) is 16.9 Å². The number of carbonyl (C=O) groups excluding carboxylic acids is 1. The molecule has 0 aliphatic carbocycles. The zero-order valence-corrected chi connectivity index (χ0v) is 17.4. The predicted octanol–water partition coefficient (Wildman–Crippen LogP) is 4.77. The van der Waals surface area contributed by atoms with E-state index >= 15 is 0 Å². The van der Waals surface area contributed by atoms with Gasteiger partial charge in [-0.3, -0.25) is 4.79 Å². The number of amides is 1. The van der Waals surface area contributed by atoms with Crippen molar-refractivity contribution >= 4 is 45.9 Å². The highest BCUT2D eigenvalue weighted by Crippen LogP contribution is 2.27. The number of furan rings is 1. The van der Waals surface area contributed by atoms with Crippen LogP contribution < -0.4 is 5.32 Å². The third-order valence-electron chi connectivity index (χ3n) is 4.15. The van der Waals surface area contributed by atoms with Crippen LogP contribution in [0.2, 0.25) is 0 Å².